The zero-order chi connectivity index (χ0) is 15.5. The number of carbonyl (C=O) groups is 2. The molecule has 1 atom stereocenters. The zero-order valence-electron chi connectivity index (χ0n) is 12.5. The summed E-state index contributed by atoms with van der Waals surface area (Å²) < 4.78 is 0. The molecule has 5 nitrogen and oxygen atoms in total. The van der Waals surface area contributed by atoms with Crippen LogP contribution < -0.4 is 5.32 Å². The van der Waals surface area contributed by atoms with Crippen molar-refractivity contribution in [1.82, 2.24) is 10.2 Å². The highest BCUT2D eigenvalue weighted by Gasteiger charge is 2.37. The molecule has 2 rings (SSSR count). The number of nitrogens with one attached hydrogen (secondary N) is 1. The summed E-state index contributed by atoms with van der Waals surface area (Å²) in [6.07, 6.45) is 3.51. The standard InChI is InChI=1S/C16H22N2O3/c1-16(14(19)20,13-9-4-3-5-10-13)17-15(21)18(2)11-12-7-6-8-12/h3-5,9-10,12H,6-8,11H2,1-2H3,(H,17,21)(H,19,20). The van der Waals surface area contributed by atoms with Gasteiger partial charge in [0.2, 0.25) is 0 Å². The first kappa shape index (κ1) is 15.4. The van der Waals surface area contributed by atoms with Crippen molar-refractivity contribution in [2.75, 3.05) is 13.6 Å². The van der Waals surface area contributed by atoms with E-state index in [0.717, 1.165) is 12.8 Å². The van der Waals surface area contributed by atoms with E-state index in [1.807, 2.05) is 6.07 Å². The number of amides is 2. The maximum atomic E-state index is 12.3. The molecule has 1 aliphatic rings. The van der Waals surface area contributed by atoms with Crippen molar-refractivity contribution in [3.63, 3.8) is 0 Å². The van der Waals surface area contributed by atoms with E-state index in [0.29, 0.717) is 18.0 Å². The summed E-state index contributed by atoms with van der Waals surface area (Å²) >= 11 is 0. The highest BCUT2D eigenvalue weighted by atomic mass is 16.4. The van der Waals surface area contributed by atoms with Gasteiger partial charge in [-0.25, -0.2) is 9.59 Å². The highest BCUT2D eigenvalue weighted by Crippen LogP contribution is 2.27. The predicted molar refractivity (Wildman–Crippen MR) is 79.9 cm³/mol. The van der Waals surface area contributed by atoms with Gasteiger partial charge in [0, 0.05) is 13.6 Å². The molecule has 1 unspecified atom stereocenters. The molecule has 5 heteroatoms. The molecule has 0 aliphatic heterocycles. The first-order chi connectivity index (χ1) is 9.93. The van der Waals surface area contributed by atoms with Crippen LogP contribution in [0.15, 0.2) is 30.3 Å². The normalized spacial score (nSPS) is 17.4. The summed E-state index contributed by atoms with van der Waals surface area (Å²) in [4.78, 5) is 25.5. The van der Waals surface area contributed by atoms with E-state index in [1.54, 1.807) is 36.2 Å². The smallest absolute Gasteiger partial charge is 0.333 e. The van der Waals surface area contributed by atoms with Crippen molar-refractivity contribution in [1.29, 1.82) is 0 Å². The Morgan fingerprint density at radius 3 is 2.43 bits per heavy atom. The molecule has 0 radical (unpaired) electrons. The summed E-state index contributed by atoms with van der Waals surface area (Å²) in [7, 11) is 1.71. The van der Waals surface area contributed by atoms with Gasteiger partial charge in [0.25, 0.3) is 0 Å². The first-order valence-corrected chi connectivity index (χ1v) is 7.25. The Hall–Kier alpha value is -2.04. The first-order valence-electron chi connectivity index (χ1n) is 7.25. The van der Waals surface area contributed by atoms with E-state index in [4.69, 9.17) is 0 Å². The van der Waals surface area contributed by atoms with Crippen LogP contribution in [0.2, 0.25) is 0 Å². The molecule has 2 N–H and O–H groups in total. The molecule has 114 valence electrons. The lowest BCUT2D eigenvalue weighted by atomic mass is 9.85. The molecule has 0 spiro atoms. The molecule has 1 aromatic rings. The number of urea groups is 1. The SMILES string of the molecule is CN(CC1CCC1)C(=O)NC(C)(C(=O)O)c1ccccc1. The third-order valence-electron chi connectivity index (χ3n) is 4.24. The van der Waals surface area contributed by atoms with Crippen molar-refractivity contribution in [2.24, 2.45) is 5.92 Å². The second-order valence-electron chi connectivity index (χ2n) is 5.90. The molecular formula is C16H22N2O3. The summed E-state index contributed by atoms with van der Waals surface area (Å²) in [5.74, 6) is -0.521. The summed E-state index contributed by atoms with van der Waals surface area (Å²) in [5, 5.41) is 12.2. The Labute approximate surface area is 125 Å². The number of aliphatic carboxylic acids is 1. The van der Waals surface area contributed by atoms with Crippen molar-refractivity contribution >= 4 is 12.0 Å². The molecule has 2 amide bonds. The number of benzene rings is 1. The van der Waals surface area contributed by atoms with E-state index in [-0.39, 0.29) is 6.03 Å². The number of carbonyl (C=O) groups excluding carboxylic acids is 1. The second-order valence-corrected chi connectivity index (χ2v) is 5.90. The third-order valence-corrected chi connectivity index (χ3v) is 4.24. The number of carboxylic acid groups (broad SMARTS) is 1. The third kappa shape index (κ3) is 3.35. The van der Waals surface area contributed by atoms with Gasteiger partial charge < -0.3 is 15.3 Å². The lowest BCUT2D eigenvalue weighted by Gasteiger charge is -2.33. The molecular weight excluding hydrogens is 268 g/mol. The monoisotopic (exact) mass is 290 g/mol. The van der Waals surface area contributed by atoms with Gasteiger partial charge in [-0.1, -0.05) is 36.8 Å². The molecule has 1 aliphatic carbocycles. The van der Waals surface area contributed by atoms with Crippen LogP contribution in [0.5, 0.6) is 0 Å². The molecule has 0 bridgehead atoms. The van der Waals surface area contributed by atoms with Crippen molar-refractivity contribution in [2.45, 2.75) is 31.7 Å². The topological polar surface area (TPSA) is 69.6 Å². The van der Waals surface area contributed by atoms with Crippen molar-refractivity contribution < 1.29 is 14.7 Å². The van der Waals surface area contributed by atoms with Crippen LogP contribution in [0, 0.1) is 5.92 Å². The van der Waals surface area contributed by atoms with Gasteiger partial charge in [-0.2, -0.15) is 0 Å². The second kappa shape index (κ2) is 6.16. The van der Waals surface area contributed by atoms with Crippen LogP contribution in [-0.2, 0) is 10.3 Å². The predicted octanol–water partition coefficient (Wildman–Crippen LogP) is 2.43. The van der Waals surface area contributed by atoms with Gasteiger partial charge in [0.1, 0.15) is 0 Å². The van der Waals surface area contributed by atoms with Gasteiger partial charge in [-0.05, 0) is 31.2 Å². The summed E-state index contributed by atoms with van der Waals surface area (Å²) in [6, 6.07) is 8.41. The van der Waals surface area contributed by atoms with Gasteiger partial charge in [0.05, 0.1) is 0 Å². The van der Waals surface area contributed by atoms with E-state index in [9.17, 15) is 14.7 Å². The Morgan fingerprint density at radius 2 is 1.95 bits per heavy atom. The number of hydrogen-bond donors (Lipinski definition) is 2. The van der Waals surface area contributed by atoms with Gasteiger partial charge in [-0.3, -0.25) is 0 Å². The van der Waals surface area contributed by atoms with Crippen LogP contribution in [0.1, 0.15) is 31.7 Å². The maximum Gasteiger partial charge on any atom is 0.333 e. The van der Waals surface area contributed by atoms with E-state index >= 15 is 0 Å². The van der Waals surface area contributed by atoms with Gasteiger partial charge >= 0.3 is 12.0 Å². The Balaban J connectivity index is 2.08. The van der Waals surface area contributed by atoms with Gasteiger partial charge in [0.15, 0.2) is 5.54 Å². The zero-order valence-corrected chi connectivity index (χ0v) is 12.5. The molecule has 1 saturated carbocycles. The summed E-state index contributed by atoms with van der Waals surface area (Å²) in [6.45, 7) is 2.19. The summed E-state index contributed by atoms with van der Waals surface area (Å²) in [5.41, 5.74) is -0.866. The number of rotatable bonds is 5. The Kier molecular flexibility index (Phi) is 4.50. The molecule has 1 aromatic carbocycles. The minimum absolute atomic E-state index is 0.351. The van der Waals surface area contributed by atoms with Crippen LogP contribution in [0.4, 0.5) is 4.79 Å². The molecule has 1 fully saturated rings. The van der Waals surface area contributed by atoms with E-state index < -0.39 is 11.5 Å². The van der Waals surface area contributed by atoms with Crippen molar-refractivity contribution in [3.05, 3.63) is 35.9 Å². The number of carboxylic acids is 1. The Bertz CT molecular complexity index is 514. The molecule has 0 aromatic heterocycles. The quantitative estimate of drug-likeness (QED) is 0.875. The van der Waals surface area contributed by atoms with E-state index in [1.165, 1.54) is 13.3 Å². The minimum atomic E-state index is -1.42. The lowest BCUT2D eigenvalue weighted by molar-refractivity contribution is -0.144. The minimum Gasteiger partial charge on any atom is -0.479 e. The fourth-order valence-corrected chi connectivity index (χ4v) is 2.48. The van der Waals surface area contributed by atoms with Crippen LogP contribution in [-0.4, -0.2) is 35.6 Å². The molecule has 0 saturated heterocycles. The Morgan fingerprint density at radius 1 is 1.33 bits per heavy atom. The maximum absolute atomic E-state index is 12.3. The van der Waals surface area contributed by atoms with Crippen molar-refractivity contribution in [3.8, 4) is 0 Å². The lowest BCUT2D eigenvalue weighted by Crippen LogP contribution is -2.54. The number of nitrogens with zero attached hydrogens (tertiary/aromatic N) is 1. The number of hydrogen-bond acceptors (Lipinski definition) is 2. The van der Waals surface area contributed by atoms with Crippen LogP contribution >= 0.6 is 0 Å². The molecule has 21 heavy (non-hydrogen) atoms. The fraction of sp³-hybridized carbons (Fsp3) is 0.500. The van der Waals surface area contributed by atoms with Gasteiger partial charge in [-0.15, -0.1) is 0 Å². The molecule has 0 heterocycles. The van der Waals surface area contributed by atoms with Crippen LogP contribution in [0.25, 0.3) is 0 Å². The highest BCUT2D eigenvalue weighted by molar-refractivity contribution is 5.87. The van der Waals surface area contributed by atoms with Crippen LogP contribution in [0.3, 0.4) is 0 Å². The fourth-order valence-electron chi connectivity index (χ4n) is 2.48. The van der Waals surface area contributed by atoms with E-state index in [2.05, 4.69) is 5.32 Å². The largest absolute Gasteiger partial charge is 0.479 e. The average molecular weight is 290 g/mol. The average Bonchev–Trinajstić information content (AvgIpc) is 2.43.